The van der Waals surface area contributed by atoms with Crippen LogP contribution in [-0.4, -0.2) is 34.7 Å². The number of thioether (sulfide) groups is 1. The summed E-state index contributed by atoms with van der Waals surface area (Å²) in [6, 6.07) is 10.5. The molecule has 0 saturated heterocycles. The van der Waals surface area contributed by atoms with E-state index in [9.17, 15) is 23.9 Å². The first-order valence-electron chi connectivity index (χ1n) is 11.9. The number of pyridine rings is 1. The van der Waals surface area contributed by atoms with Gasteiger partial charge in [0.2, 0.25) is 5.43 Å². The van der Waals surface area contributed by atoms with Crippen LogP contribution in [0.3, 0.4) is 0 Å². The van der Waals surface area contributed by atoms with E-state index in [2.05, 4.69) is 0 Å². The lowest BCUT2D eigenvalue weighted by Crippen LogP contribution is -2.52. The predicted molar refractivity (Wildman–Crippen MR) is 131 cm³/mol. The van der Waals surface area contributed by atoms with Crippen molar-refractivity contribution in [3.8, 4) is 5.75 Å². The van der Waals surface area contributed by atoms with Crippen LogP contribution in [0, 0.1) is 23.0 Å². The predicted octanol–water partition coefficient (Wildman–Crippen LogP) is 3.93. The summed E-state index contributed by atoms with van der Waals surface area (Å²) in [5, 5.41) is 12.5. The number of rotatable bonds is 3. The molecule has 3 atom stereocenters. The van der Waals surface area contributed by atoms with E-state index in [1.165, 1.54) is 28.7 Å². The Labute approximate surface area is 214 Å². The third kappa shape index (κ3) is 3.42. The normalized spacial score (nSPS) is 23.6. The van der Waals surface area contributed by atoms with Gasteiger partial charge in [0.05, 0.1) is 24.0 Å². The van der Waals surface area contributed by atoms with Crippen LogP contribution in [0.5, 0.6) is 5.75 Å². The number of ketones is 1. The fraction of sp³-hybridized carbons (Fsp3) is 0.296. The minimum Gasteiger partial charge on any atom is -0.503 e. The van der Waals surface area contributed by atoms with Crippen LogP contribution in [0.1, 0.15) is 46.6 Å². The molecule has 0 radical (unpaired) electrons. The van der Waals surface area contributed by atoms with E-state index in [0.29, 0.717) is 5.56 Å². The van der Waals surface area contributed by atoms with Gasteiger partial charge < -0.3 is 9.84 Å². The third-order valence-electron chi connectivity index (χ3n) is 7.50. The largest absolute Gasteiger partial charge is 0.503 e. The fourth-order valence-electron chi connectivity index (χ4n) is 5.60. The molecule has 3 heterocycles. The lowest BCUT2D eigenvalue weighted by Gasteiger charge is -2.43. The summed E-state index contributed by atoms with van der Waals surface area (Å²) in [6.07, 6.45) is 1.58. The molecule has 37 heavy (non-hydrogen) atoms. The van der Waals surface area contributed by atoms with Gasteiger partial charge in [0.15, 0.2) is 28.9 Å². The molecule has 1 spiro atoms. The van der Waals surface area contributed by atoms with Crippen LogP contribution in [0.2, 0.25) is 0 Å². The van der Waals surface area contributed by atoms with E-state index < -0.39 is 51.9 Å². The number of Topliss-reactive ketones (excluding diaryl/α,β-unsaturated/α-hetero) is 1. The van der Waals surface area contributed by atoms with E-state index in [4.69, 9.17) is 4.74 Å². The number of carbonyl (C=O) groups is 2. The van der Waals surface area contributed by atoms with Gasteiger partial charge in [0, 0.05) is 35.0 Å². The number of hydrogen-bond acceptors (Lipinski definition) is 7. The number of aromatic nitrogens is 1. The molecule has 3 aromatic rings. The van der Waals surface area contributed by atoms with Gasteiger partial charge in [-0.3, -0.25) is 24.1 Å². The van der Waals surface area contributed by atoms with Gasteiger partial charge in [-0.05, 0) is 36.6 Å². The Morgan fingerprint density at radius 1 is 1.16 bits per heavy atom. The third-order valence-corrected chi connectivity index (χ3v) is 8.61. The molecule has 2 aromatic carbocycles. The van der Waals surface area contributed by atoms with Crippen LogP contribution >= 0.6 is 11.8 Å². The molecule has 1 aliphatic carbocycles. The fourth-order valence-corrected chi connectivity index (χ4v) is 6.72. The zero-order valence-corrected chi connectivity index (χ0v) is 20.6. The Morgan fingerprint density at radius 2 is 1.95 bits per heavy atom. The molecule has 0 bridgehead atoms. The molecule has 1 aromatic heterocycles. The van der Waals surface area contributed by atoms with Crippen molar-refractivity contribution >= 4 is 23.5 Å². The molecule has 10 heteroatoms. The molecule has 0 amide bonds. The molecule has 7 nitrogen and oxygen atoms in total. The van der Waals surface area contributed by atoms with Crippen LogP contribution in [0.15, 0.2) is 58.4 Å². The van der Waals surface area contributed by atoms with E-state index in [0.717, 1.165) is 22.6 Å². The van der Waals surface area contributed by atoms with Crippen LogP contribution < -0.4 is 10.4 Å². The zero-order valence-electron chi connectivity index (χ0n) is 19.7. The van der Waals surface area contributed by atoms with Gasteiger partial charge in [0.1, 0.15) is 0 Å². The average molecular weight is 525 g/mol. The SMILES string of the molecule is CCOC(=O)C1CC12CN(C1c3ccccc3SCc3c1ccc(F)c3F)n1ccc(=O)c(O)c1C2=O. The summed E-state index contributed by atoms with van der Waals surface area (Å²) in [6.45, 7) is 1.87. The highest BCUT2D eigenvalue weighted by Gasteiger charge is 2.68. The summed E-state index contributed by atoms with van der Waals surface area (Å²) in [4.78, 5) is 39.6. The highest BCUT2D eigenvalue weighted by molar-refractivity contribution is 7.98. The van der Waals surface area contributed by atoms with E-state index in [1.54, 1.807) is 11.9 Å². The summed E-state index contributed by atoms with van der Waals surface area (Å²) in [5.41, 5.74) is -0.691. The number of halogens is 2. The lowest BCUT2D eigenvalue weighted by atomic mass is 9.88. The second-order valence-electron chi connectivity index (χ2n) is 9.47. The maximum Gasteiger partial charge on any atom is 0.310 e. The van der Waals surface area contributed by atoms with Crippen LogP contribution in [-0.2, 0) is 15.3 Å². The molecule has 1 saturated carbocycles. The molecule has 190 valence electrons. The zero-order chi connectivity index (χ0) is 26.1. The smallest absolute Gasteiger partial charge is 0.310 e. The van der Waals surface area contributed by atoms with E-state index in [1.807, 2.05) is 24.3 Å². The summed E-state index contributed by atoms with van der Waals surface area (Å²) in [5.74, 6) is -4.20. The van der Waals surface area contributed by atoms with Crippen molar-refractivity contribution in [1.29, 1.82) is 0 Å². The van der Waals surface area contributed by atoms with Crippen molar-refractivity contribution in [3.05, 3.63) is 92.9 Å². The van der Waals surface area contributed by atoms with Gasteiger partial charge in [-0.2, -0.15) is 0 Å². The molecule has 1 fully saturated rings. The molecular weight excluding hydrogens is 502 g/mol. The number of fused-ring (bicyclic) bond motifs is 3. The highest BCUT2D eigenvalue weighted by Crippen LogP contribution is 2.59. The number of nitrogens with zero attached hydrogens (tertiary/aromatic N) is 2. The Balaban J connectivity index is 1.60. The minimum absolute atomic E-state index is 0.0483. The standard InChI is InChI=1S/C27H22F2N2O5S/c1-2-36-26(35)17-11-27(17)13-31(30-10-9-19(32)24(33)23(30)25(27)34)22-14-7-8-18(28)21(29)16(14)12-37-20-6-4-3-5-15(20)22/h3-10,17,22,33H,2,11-13H2,1H3. The Morgan fingerprint density at radius 3 is 2.73 bits per heavy atom. The topological polar surface area (TPSA) is 88.8 Å². The number of benzene rings is 2. The molecular formula is C27H22F2N2O5S. The molecule has 3 unspecified atom stereocenters. The van der Waals surface area contributed by atoms with E-state index in [-0.39, 0.29) is 36.6 Å². The number of ether oxygens (including phenoxy) is 1. The quantitative estimate of drug-likeness (QED) is 0.520. The average Bonchev–Trinajstić information content (AvgIpc) is 3.64. The van der Waals surface area contributed by atoms with Crippen molar-refractivity contribution in [2.45, 2.75) is 30.0 Å². The number of hydrogen-bond donors (Lipinski definition) is 1. The molecule has 2 aliphatic heterocycles. The summed E-state index contributed by atoms with van der Waals surface area (Å²) in [7, 11) is 0. The minimum atomic E-state index is -1.22. The second kappa shape index (κ2) is 8.44. The Bertz CT molecular complexity index is 1540. The second-order valence-corrected chi connectivity index (χ2v) is 10.5. The van der Waals surface area contributed by atoms with E-state index >= 15 is 4.39 Å². The van der Waals surface area contributed by atoms with Crippen LogP contribution in [0.4, 0.5) is 8.78 Å². The first-order chi connectivity index (χ1) is 17.8. The maximum atomic E-state index is 15.1. The summed E-state index contributed by atoms with van der Waals surface area (Å²) < 4.78 is 36.0. The van der Waals surface area contributed by atoms with Crippen molar-refractivity contribution in [3.63, 3.8) is 0 Å². The van der Waals surface area contributed by atoms with Gasteiger partial charge in [-0.25, -0.2) is 8.78 Å². The van der Waals surface area contributed by atoms with Crippen molar-refractivity contribution in [1.82, 2.24) is 4.68 Å². The lowest BCUT2D eigenvalue weighted by molar-refractivity contribution is -0.145. The monoisotopic (exact) mass is 524 g/mol. The van der Waals surface area contributed by atoms with Crippen molar-refractivity contribution in [2.24, 2.45) is 11.3 Å². The number of carbonyl (C=O) groups excluding carboxylic acids is 2. The Hall–Kier alpha value is -3.66. The van der Waals surface area contributed by atoms with Gasteiger partial charge in [-0.1, -0.05) is 24.3 Å². The highest BCUT2D eigenvalue weighted by atomic mass is 32.2. The molecule has 6 rings (SSSR count). The number of aromatic hydroxyl groups is 1. The van der Waals surface area contributed by atoms with Crippen LogP contribution in [0.25, 0.3) is 0 Å². The first kappa shape index (κ1) is 23.7. The number of esters is 1. The van der Waals surface area contributed by atoms with Gasteiger partial charge >= 0.3 is 5.97 Å². The Kier molecular flexibility index (Phi) is 5.41. The van der Waals surface area contributed by atoms with Crippen molar-refractivity contribution < 1.29 is 28.2 Å². The van der Waals surface area contributed by atoms with Gasteiger partial charge in [0.25, 0.3) is 0 Å². The van der Waals surface area contributed by atoms with Gasteiger partial charge in [-0.15, -0.1) is 11.8 Å². The maximum absolute atomic E-state index is 15.1. The molecule has 1 N–H and O–H groups in total. The molecule has 3 aliphatic rings. The summed E-state index contributed by atoms with van der Waals surface area (Å²) >= 11 is 1.37. The van der Waals surface area contributed by atoms with Crippen molar-refractivity contribution in [2.75, 3.05) is 18.2 Å². The first-order valence-corrected chi connectivity index (χ1v) is 12.9.